The maximum atomic E-state index is 12.7. The van der Waals surface area contributed by atoms with Crippen molar-refractivity contribution in [2.75, 3.05) is 16.8 Å². The van der Waals surface area contributed by atoms with Gasteiger partial charge in [-0.25, -0.2) is 0 Å². The lowest BCUT2D eigenvalue weighted by Crippen LogP contribution is -2.36. The van der Waals surface area contributed by atoms with Crippen LogP contribution in [0.3, 0.4) is 0 Å². The lowest BCUT2D eigenvalue weighted by atomic mass is 10.1. The number of nitrogens with zero attached hydrogens (tertiary/aromatic N) is 2. The van der Waals surface area contributed by atoms with Crippen LogP contribution in [-0.4, -0.2) is 26.7 Å². The van der Waals surface area contributed by atoms with Crippen LogP contribution < -0.4 is 10.2 Å². The van der Waals surface area contributed by atoms with Crippen LogP contribution in [0.4, 0.5) is 24.5 Å². The number of sulfonamides is 1. The van der Waals surface area contributed by atoms with Crippen LogP contribution >= 0.6 is 0 Å². The third-order valence-electron chi connectivity index (χ3n) is 4.45. The Morgan fingerprint density at radius 2 is 1.77 bits per heavy atom. The molecule has 0 radical (unpaired) electrons. The first-order chi connectivity index (χ1) is 13.9. The number of nitrogens with one attached hydrogen (secondary N) is 1. The molecule has 0 fully saturated rings. The highest BCUT2D eigenvalue weighted by Crippen LogP contribution is 2.33. The lowest BCUT2D eigenvalue weighted by molar-refractivity contribution is -0.137. The maximum Gasteiger partial charge on any atom is 0.416 e. The van der Waals surface area contributed by atoms with E-state index in [4.69, 9.17) is 0 Å². The quantitative estimate of drug-likeness (QED) is 0.759. The van der Waals surface area contributed by atoms with Crippen molar-refractivity contribution in [2.45, 2.75) is 31.8 Å². The Labute approximate surface area is 172 Å². The van der Waals surface area contributed by atoms with Crippen LogP contribution in [0.15, 0.2) is 51.8 Å². The third-order valence-corrected chi connectivity index (χ3v) is 5.84. The van der Waals surface area contributed by atoms with E-state index in [-0.39, 0.29) is 22.1 Å². The summed E-state index contributed by atoms with van der Waals surface area (Å²) in [6, 6.07) is 8.21. The van der Waals surface area contributed by atoms with E-state index in [1.807, 2.05) is 13.8 Å². The van der Waals surface area contributed by atoms with Gasteiger partial charge in [0.05, 0.1) is 11.3 Å². The molecule has 1 aliphatic rings. The molecule has 6 nitrogen and oxygen atoms in total. The van der Waals surface area contributed by atoms with E-state index in [1.165, 1.54) is 18.2 Å². The summed E-state index contributed by atoms with van der Waals surface area (Å²) in [7, 11) is -3.97. The summed E-state index contributed by atoms with van der Waals surface area (Å²) >= 11 is 0. The van der Waals surface area contributed by atoms with Gasteiger partial charge in [0.25, 0.3) is 15.9 Å². The third kappa shape index (κ3) is 4.48. The van der Waals surface area contributed by atoms with Crippen molar-refractivity contribution in [1.29, 1.82) is 0 Å². The van der Waals surface area contributed by atoms with Gasteiger partial charge in [-0.2, -0.15) is 21.6 Å². The van der Waals surface area contributed by atoms with Crippen molar-refractivity contribution < 1.29 is 26.4 Å². The number of anilines is 2. The van der Waals surface area contributed by atoms with Gasteiger partial charge in [-0.1, -0.05) is 13.8 Å². The highest BCUT2D eigenvalue weighted by Gasteiger charge is 2.31. The number of amidine groups is 1. The second-order valence-corrected chi connectivity index (χ2v) is 8.90. The molecule has 0 saturated heterocycles. The first kappa shape index (κ1) is 21.8. The topological polar surface area (TPSA) is 78.8 Å². The minimum atomic E-state index is -4.48. The van der Waals surface area contributed by atoms with Crippen LogP contribution in [-0.2, 0) is 16.2 Å². The van der Waals surface area contributed by atoms with Gasteiger partial charge in [0.1, 0.15) is 10.7 Å². The molecule has 1 amide bonds. The zero-order valence-corrected chi connectivity index (χ0v) is 17.3. The van der Waals surface area contributed by atoms with Crippen molar-refractivity contribution in [3.8, 4) is 0 Å². The van der Waals surface area contributed by atoms with Gasteiger partial charge >= 0.3 is 6.18 Å². The average Bonchev–Trinajstić information content (AvgIpc) is 2.64. The summed E-state index contributed by atoms with van der Waals surface area (Å²) in [5, 5.41) is 2.47. The Morgan fingerprint density at radius 3 is 2.33 bits per heavy atom. The highest BCUT2D eigenvalue weighted by molar-refractivity contribution is 7.90. The van der Waals surface area contributed by atoms with Crippen LogP contribution in [0.25, 0.3) is 0 Å². The molecule has 0 saturated carbocycles. The van der Waals surface area contributed by atoms with Gasteiger partial charge in [-0.3, -0.25) is 4.79 Å². The second-order valence-electron chi connectivity index (χ2n) is 7.33. The molecule has 1 heterocycles. The fourth-order valence-corrected chi connectivity index (χ4v) is 4.34. The van der Waals surface area contributed by atoms with Gasteiger partial charge < -0.3 is 10.2 Å². The molecule has 3 rings (SSSR count). The second kappa shape index (κ2) is 7.75. The summed E-state index contributed by atoms with van der Waals surface area (Å²) in [4.78, 5) is 14.2. The van der Waals surface area contributed by atoms with Crippen LogP contribution in [0.5, 0.6) is 0 Å². The summed E-state index contributed by atoms with van der Waals surface area (Å²) in [6.45, 7) is 6.13. The smallest absolute Gasteiger partial charge is 0.328 e. The molecule has 0 bridgehead atoms. The van der Waals surface area contributed by atoms with Crippen molar-refractivity contribution in [3.63, 3.8) is 0 Å². The molecule has 10 heteroatoms. The first-order valence-corrected chi connectivity index (χ1v) is 10.5. The summed E-state index contributed by atoms with van der Waals surface area (Å²) in [6.07, 6.45) is -4.48. The van der Waals surface area contributed by atoms with Crippen LogP contribution in [0, 0.1) is 5.92 Å². The Bertz CT molecular complexity index is 1110. The van der Waals surface area contributed by atoms with Gasteiger partial charge in [-0.05, 0) is 55.3 Å². The zero-order chi connectivity index (χ0) is 22.3. The van der Waals surface area contributed by atoms with Gasteiger partial charge in [0.15, 0.2) is 0 Å². The number of fused-ring (bicyclic) bond motifs is 1. The number of carbonyl (C=O) groups excluding carboxylic acids is 1. The average molecular weight is 439 g/mol. The SMILES string of the molecule is CC1=NS(=O)(=O)c2cc(C(=O)Nc3ccc(C(F)(F)F)cc3)ccc2N1CC(C)C. The van der Waals surface area contributed by atoms with Crippen molar-refractivity contribution >= 4 is 33.1 Å². The molecular weight excluding hydrogens is 419 g/mol. The van der Waals surface area contributed by atoms with E-state index in [2.05, 4.69) is 9.71 Å². The predicted molar refractivity (Wildman–Crippen MR) is 108 cm³/mol. The maximum absolute atomic E-state index is 12.7. The zero-order valence-electron chi connectivity index (χ0n) is 16.5. The van der Waals surface area contributed by atoms with Crippen molar-refractivity contribution in [3.05, 3.63) is 53.6 Å². The van der Waals surface area contributed by atoms with Gasteiger partial charge in [0, 0.05) is 17.8 Å². The van der Waals surface area contributed by atoms with E-state index in [1.54, 1.807) is 11.8 Å². The number of carbonyl (C=O) groups is 1. The molecule has 0 aromatic heterocycles. The molecular formula is C20H20F3N3O3S. The van der Waals surface area contributed by atoms with Gasteiger partial charge in [-0.15, -0.1) is 4.40 Å². The Kier molecular flexibility index (Phi) is 5.64. The number of hydrogen-bond acceptors (Lipinski definition) is 4. The fourth-order valence-electron chi connectivity index (χ4n) is 3.07. The number of benzene rings is 2. The molecule has 160 valence electrons. The summed E-state index contributed by atoms with van der Waals surface area (Å²) < 4.78 is 66.8. The Hall–Kier alpha value is -2.88. The summed E-state index contributed by atoms with van der Waals surface area (Å²) in [5.41, 5.74) is -0.193. The highest BCUT2D eigenvalue weighted by atomic mass is 32.2. The molecule has 0 spiro atoms. The lowest BCUT2D eigenvalue weighted by Gasteiger charge is -2.30. The monoisotopic (exact) mass is 439 g/mol. The molecule has 0 atom stereocenters. The predicted octanol–water partition coefficient (Wildman–Crippen LogP) is 4.54. The Balaban J connectivity index is 1.90. The summed E-state index contributed by atoms with van der Waals surface area (Å²) in [5.74, 6) is -0.0564. The normalized spacial score (nSPS) is 15.6. The Morgan fingerprint density at radius 1 is 1.13 bits per heavy atom. The number of amides is 1. The van der Waals surface area contributed by atoms with Crippen LogP contribution in [0.2, 0.25) is 0 Å². The number of rotatable bonds is 4. The molecule has 30 heavy (non-hydrogen) atoms. The van der Waals surface area contributed by atoms with E-state index < -0.39 is 27.7 Å². The van der Waals surface area contributed by atoms with Crippen LogP contribution in [0.1, 0.15) is 36.7 Å². The van der Waals surface area contributed by atoms with Crippen molar-refractivity contribution in [2.24, 2.45) is 10.3 Å². The molecule has 0 unspecified atom stereocenters. The molecule has 2 aromatic carbocycles. The standard InChI is InChI=1S/C20H20F3N3O3S/c1-12(2)11-26-13(3)25-30(28,29)18-10-14(4-9-17(18)26)19(27)24-16-7-5-15(6-8-16)20(21,22)23/h4-10,12H,11H2,1-3H3,(H,24,27). The minimum Gasteiger partial charge on any atom is -0.328 e. The van der Waals surface area contributed by atoms with Gasteiger partial charge in [0.2, 0.25) is 0 Å². The first-order valence-electron chi connectivity index (χ1n) is 9.10. The molecule has 1 aliphatic heterocycles. The largest absolute Gasteiger partial charge is 0.416 e. The van der Waals surface area contributed by atoms with E-state index in [0.29, 0.717) is 18.1 Å². The molecule has 2 aromatic rings. The van der Waals surface area contributed by atoms with Crippen molar-refractivity contribution in [1.82, 2.24) is 0 Å². The number of halogens is 3. The molecule has 0 aliphatic carbocycles. The molecule has 1 N–H and O–H groups in total. The van der Waals surface area contributed by atoms with E-state index in [9.17, 15) is 26.4 Å². The fraction of sp³-hybridized carbons (Fsp3) is 0.300. The number of alkyl halides is 3. The van der Waals surface area contributed by atoms with E-state index >= 15 is 0 Å². The number of hydrogen-bond donors (Lipinski definition) is 1. The minimum absolute atomic E-state index is 0.0523. The van der Waals surface area contributed by atoms with E-state index in [0.717, 1.165) is 24.3 Å².